The molecule has 0 saturated carbocycles. The third-order valence-corrected chi connectivity index (χ3v) is 3.82. The zero-order valence-corrected chi connectivity index (χ0v) is 12.6. The lowest BCUT2D eigenvalue weighted by Gasteiger charge is -2.26. The van der Waals surface area contributed by atoms with Crippen LogP contribution in [-0.2, 0) is 9.53 Å². The second-order valence-corrected chi connectivity index (χ2v) is 5.35. The van der Waals surface area contributed by atoms with E-state index in [0.717, 1.165) is 65.1 Å². The van der Waals surface area contributed by atoms with E-state index in [0.29, 0.717) is 0 Å². The molecule has 1 N–H and O–H groups in total. The first-order chi connectivity index (χ1) is 9.27. The van der Waals surface area contributed by atoms with Crippen molar-refractivity contribution in [1.82, 2.24) is 10.2 Å². The maximum atomic E-state index is 12.0. The fraction of sp³-hybridized carbons (Fsp3) is 0.933. The van der Waals surface area contributed by atoms with E-state index in [2.05, 4.69) is 24.1 Å². The SMILES string of the molecule is CCCC[C@@H](CC)C(=O)NCCCN1CCOCC1. The summed E-state index contributed by atoms with van der Waals surface area (Å²) in [5.41, 5.74) is 0. The van der Waals surface area contributed by atoms with Crippen molar-refractivity contribution < 1.29 is 9.53 Å². The number of morpholine rings is 1. The van der Waals surface area contributed by atoms with E-state index in [1.807, 2.05) is 0 Å². The smallest absolute Gasteiger partial charge is 0.223 e. The molecular formula is C15H30N2O2. The maximum Gasteiger partial charge on any atom is 0.223 e. The Hall–Kier alpha value is -0.610. The second-order valence-electron chi connectivity index (χ2n) is 5.35. The van der Waals surface area contributed by atoms with E-state index >= 15 is 0 Å². The molecule has 0 spiro atoms. The average Bonchev–Trinajstić information content (AvgIpc) is 2.45. The number of hydrogen-bond acceptors (Lipinski definition) is 3. The van der Waals surface area contributed by atoms with Crippen LogP contribution in [-0.4, -0.2) is 50.2 Å². The summed E-state index contributed by atoms with van der Waals surface area (Å²) < 4.78 is 5.32. The molecule has 0 aliphatic carbocycles. The van der Waals surface area contributed by atoms with Crippen LogP contribution in [0.2, 0.25) is 0 Å². The Kier molecular flexibility index (Phi) is 8.84. The van der Waals surface area contributed by atoms with Crippen LogP contribution in [0, 0.1) is 5.92 Å². The zero-order valence-electron chi connectivity index (χ0n) is 12.6. The molecule has 1 aliphatic heterocycles. The summed E-state index contributed by atoms with van der Waals surface area (Å²) in [6.07, 6.45) is 5.34. The van der Waals surface area contributed by atoms with Gasteiger partial charge in [-0.3, -0.25) is 9.69 Å². The van der Waals surface area contributed by atoms with Gasteiger partial charge in [-0.25, -0.2) is 0 Å². The lowest BCUT2D eigenvalue weighted by Crippen LogP contribution is -2.38. The predicted molar refractivity (Wildman–Crippen MR) is 78.2 cm³/mol. The van der Waals surface area contributed by atoms with Gasteiger partial charge in [0.2, 0.25) is 5.91 Å². The summed E-state index contributed by atoms with van der Waals surface area (Å²) in [5, 5.41) is 3.09. The van der Waals surface area contributed by atoms with E-state index in [1.54, 1.807) is 0 Å². The summed E-state index contributed by atoms with van der Waals surface area (Å²) in [5.74, 6) is 0.460. The van der Waals surface area contributed by atoms with Crippen molar-refractivity contribution in [1.29, 1.82) is 0 Å². The topological polar surface area (TPSA) is 41.6 Å². The van der Waals surface area contributed by atoms with Gasteiger partial charge in [0.25, 0.3) is 0 Å². The van der Waals surface area contributed by atoms with Crippen molar-refractivity contribution in [3.63, 3.8) is 0 Å². The third-order valence-electron chi connectivity index (χ3n) is 3.82. The first-order valence-corrected chi connectivity index (χ1v) is 7.85. The molecule has 1 fully saturated rings. The molecule has 1 saturated heterocycles. The van der Waals surface area contributed by atoms with Gasteiger partial charge in [0.05, 0.1) is 13.2 Å². The number of amides is 1. The van der Waals surface area contributed by atoms with Crippen molar-refractivity contribution in [2.24, 2.45) is 5.92 Å². The normalized spacial score (nSPS) is 18.2. The van der Waals surface area contributed by atoms with Crippen LogP contribution in [0.25, 0.3) is 0 Å². The number of hydrogen-bond donors (Lipinski definition) is 1. The number of carbonyl (C=O) groups excluding carboxylic acids is 1. The van der Waals surface area contributed by atoms with Crippen molar-refractivity contribution in [3.8, 4) is 0 Å². The van der Waals surface area contributed by atoms with Gasteiger partial charge in [0.15, 0.2) is 0 Å². The van der Waals surface area contributed by atoms with E-state index in [-0.39, 0.29) is 11.8 Å². The van der Waals surface area contributed by atoms with Gasteiger partial charge in [-0.2, -0.15) is 0 Å². The largest absolute Gasteiger partial charge is 0.379 e. The minimum Gasteiger partial charge on any atom is -0.379 e. The summed E-state index contributed by atoms with van der Waals surface area (Å²) in [6, 6.07) is 0. The molecule has 0 radical (unpaired) electrons. The van der Waals surface area contributed by atoms with Crippen LogP contribution in [0.4, 0.5) is 0 Å². The Balaban J connectivity index is 2.07. The Bertz CT molecular complexity index is 240. The molecule has 4 heteroatoms. The molecule has 4 nitrogen and oxygen atoms in total. The fourth-order valence-corrected chi connectivity index (χ4v) is 2.45. The van der Waals surface area contributed by atoms with Crippen LogP contribution < -0.4 is 5.32 Å². The maximum absolute atomic E-state index is 12.0. The Labute approximate surface area is 117 Å². The monoisotopic (exact) mass is 270 g/mol. The molecule has 0 unspecified atom stereocenters. The molecule has 112 valence electrons. The van der Waals surface area contributed by atoms with Gasteiger partial charge in [0.1, 0.15) is 0 Å². The lowest BCUT2D eigenvalue weighted by atomic mass is 9.98. The molecule has 0 aromatic carbocycles. The third kappa shape index (κ3) is 6.92. The van der Waals surface area contributed by atoms with Crippen molar-refractivity contribution >= 4 is 5.91 Å². The van der Waals surface area contributed by atoms with Gasteiger partial charge in [-0.1, -0.05) is 26.7 Å². The average molecular weight is 270 g/mol. The van der Waals surface area contributed by atoms with Crippen LogP contribution in [0.15, 0.2) is 0 Å². The molecule has 1 heterocycles. The number of carbonyl (C=O) groups is 1. The molecule has 1 rings (SSSR count). The number of nitrogens with one attached hydrogen (secondary N) is 1. The standard InChI is InChI=1S/C15H30N2O2/c1-3-5-7-14(4-2)15(18)16-8-6-9-17-10-12-19-13-11-17/h14H,3-13H2,1-2H3,(H,16,18)/t14-/m1/s1. The zero-order chi connectivity index (χ0) is 13.9. The van der Waals surface area contributed by atoms with E-state index < -0.39 is 0 Å². The van der Waals surface area contributed by atoms with E-state index in [9.17, 15) is 4.79 Å². The van der Waals surface area contributed by atoms with Gasteiger partial charge in [0, 0.05) is 25.6 Å². The quantitative estimate of drug-likeness (QED) is 0.652. The highest BCUT2D eigenvalue weighted by Crippen LogP contribution is 2.12. The summed E-state index contributed by atoms with van der Waals surface area (Å²) in [4.78, 5) is 14.4. The van der Waals surface area contributed by atoms with Crippen molar-refractivity contribution in [2.45, 2.75) is 46.0 Å². The number of nitrogens with zero attached hydrogens (tertiary/aromatic N) is 1. The number of ether oxygens (including phenoxy) is 1. The van der Waals surface area contributed by atoms with Gasteiger partial charge >= 0.3 is 0 Å². The highest BCUT2D eigenvalue weighted by molar-refractivity contribution is 5.78. The number of unbranched alkanes of at least 4 members (excludes halogenated alkanes) is 1. The molecule has 19 heavy (non-hydrogen) atoms. The van der Waals surface area contributed by atoms with Crippen LogP contribution in [0.1, 0.15) is 46.0 Å². The first kappa shape index (κ1) is 16.4. The molecule has 0 aromatic heterocycles. The summed E-state index contributed by atoms with van der Waals surface area (Å²) in [7, 11) is 0. The van der Waals surface area contributed by atoms with Gasteiger partial charge in [-0.05, 0) is 25.8 Å². The first-order valence-electron chi connectivity index (χ1n) is 7.85. The minimum absolute atomic E-state index is 0.211. The Morgan fingerprint density at radius 1 is 1.26 bits per heavy atom. The minimum atomic E-state index is 0.211. The molecule has 1 amide bonds. The highest BCUT2D eigenvalue weighted by Gasteiger charge is 2.15. The summed E-state index contributed by atoms with van der Waals surface area (Å²) in [6.45, 7) is 9.90. The fourth-order valence-electron chi connectivity index (χ4n) is 2.45. The van der Waals surface area contributed by atoms with Crippen molar-refractivity contribution in [2.75, 3.05) is 39.4 Å². The Morgan fingerprint density at radius 3 is 2.63 bits per heavy atom. The molecule has 1 atom stereocenters. The van der Waals surface area contributed by atoms with Gasteiger partial charge < -0.3 is 10.1 Å². The van der Waals surface area contributed by atoms with Crippen molar-refractivity contribution in [3.05, 3.63) is 0 Å². The molecule has 0 aromatic rings. The second kappa shape index (κ2) is 10.2. The molecule has 1 aliphatic rings. The van der Waals surface area contributed by atoms with Crippen LogP contribution >= 0.6 is 0 Å². The summed E-state index contributed by atoms with van der Waals surface area (Å²) >= 11 is 0. The molecule has 0 bridgehead atoms. The highest BCUT2D eigenvalue weighted by atomic mass is 16.5. The van der Waals surface area contributed by atoms with Crippen LogP contribution in [0.3, 0.4) is 0 Å². The van der Waals surface area contributed by atoms with Gasteiger partial charge in [-0.15, -0.1) is 0 Å². The predicted octanol–water partition coefficient (Wildman–Crippen LogP) is 2.04. The van der Waals surface area contributed by atoms with E-state index in [1.165, 1.54) is 6.42 Å². The number of rotatable bonds is 9. The lowest BCUT2D eigenvalue weighted by molar-refractivity contribution is -0.125. The van der Waals surface area contributed by atoms with E-state index in [4.69, 9.17) is 4.74 Å². The Morgan fingerprint density at radius 2 is 2.00 bits per heavy atom. The molecular weight excluding hydrogens is 240 g/mol. The van der Waals surface area contributed by atoms with Crippen LogP contribution in [0.5, 0.6) is 0 Å².